The molecule has 1 aliphatic rings. The highest BCUT2D eigenvalue weighted by atomic mass is 32.2. The first-order valence-corrected chi connectivity index (χ1v) is 12.0. The number of amides is 1. The van der Waals surface area contributed by atoms with Gasteiger partial charge in [0.05, 0.1) is 23.7 Å². The van der Waals surface area contributed by atoms with Gasteiger partial charge in [-0.15, -0.1) is 0 Å². The third-order valence-corrected chi connectivity index (χ3v) is 8.09. The van der Waals surface area contributed by atoms with E-state index in [0.717, 1.165) is 29.7 Å². The van der Waals surface area contributed by atoms with Crippen LogP contribution in [0.25, 0.3) is 5.65 Å². The number of nitrogens with zero attached hydrogens (tertiary/aromatic N) is 4. The van der Waals surface area contributed by atoms with E-state index in [1.807, 2.05) is 41.1 Å². The Bertz CT molecular complexity index is 1160. The Morgan fingerprint density at radius 3 is 2.55 bits per heavy atom. The van der Waals surface area contributed by atoms with Crippen LogP contribution in [0, 0.1) is 0 Å². The van der Waals surface area contributed by atoms with Crippen molar-refractivity contribution in [3.05, 3.63) is 65.9 Å². The van der Waals surface area contributed by atoms with Gasteiger partial charge in [0.1, 0.15) is 0 Å². The molecule has 4 rings (SSSR count). The highest BCUT2D eigenvalue weighted by Crippen LogP contribution is 2.30. The Kier molecular flexibility index (Phi) is 6.06. The van der Waals surface area contributed by atoms with Gasteiger partial charge in [-0.25, -0.2) is 17.7 Å². The van der Waals surface area contributed by atoms with Crippen molar-refractivity contribution < 1.29 is 13.2 Å². The maximum Gasteiger partial charge on any atom is 0.251 e. The third-order valence-electron chi connectivity index (χ3n) is 5.82. The molecular formula is C22H27N5O3S. The molecule has 1 N–H and O–H groups in total. The summed E-state index contributed by atoms with van der Waals surface area (Å²) in [7, 11) is -3.19. The van der Waals surface area contributed by atoms with E-state index < -0.39 is 10.0 Å². The molecule has 0 atom stereocenters. The Morgan fingerprint density at radius 1 is 1.16 bits per heavy atom. The Hall–Kier alpha value is -2.78. The van der Waals surface area contributed by atoms with Gasteiger partial charge >= 0.3 is 0 Å². The first-order valence-electron chi connectivity index (χ1n) is 10.5. The summed E-state index contributed by atoms with van der Waals surface area (Å²) in [5, 5.41) is 2.51. The maximum atomic E-state index is 12.5. The second kappa shape index (κ2) is 8.76. The van der Waals surface area contributed by atoms with Crippen LogP contribution in [0.1, 0.15) is 54.2 Å². The predicted octanol–water partition coefficient (Wildman–Crippen LogP) is 2.58. The maximum absolute atomic E-state index is 12.5. The van der Waals surface area contributed by atoms with Crippen LogP contribution in [0.15, 0.2) is 49.1 Å². The van der Waals surface area contributed by atoms with Crippen LogP contribution >= 0.6 is 0 Å². The number of rotatable bonds is 6. The monoisotopic (exact) mass is 441 g/mol. The summed E-state index contributed by atoms with van der Waals surface area (Å²) in [6.45, 7) is 4.86. The molecule has 0 unspecified atom stereocenters. The Morgan fingerprint density at radius 2 is 1.87 bits per heavy atom. The van der Waals surface area contributed by atoms with Crippen molar-refractivity contribution in [1.82, 2.24) is 24.0 Å². The molecule has 2 aromatic heterocycles. The lowest BCUT2D eigenvalue weighted by atomic mass is 9.90. The van der Waals surface area contributed by atoms with Gasteiger partial charge in [-0.2, -0.15) is 0 Å². The van der Waals surface area contributed by atoms with Crippen molar-refractivity contribution in [3.63, 3.8) is 0 Å². The van der Waals surface area contributed by atoms with Crippen LogP contribution in [0.4, 0.5) is 0 Å². The van der Waals surface area contributed by atoms with E-state index in [1.165, 1.54) is 0 Å². The standard InChI is InChI=1S/C22H27N5O3S/c1-16(2)31(29,30)27-10-7-18(8-11-27)17-3-5-19(6-4-17)22(28)25-13-20-15-26-12-9-23-21(26)14-24-20/h3-6,9,12,14-16,18H,7-8,10-11,13H2,1-2H3,(H,25,28). The summed E-state index contributed by atoms with van der Waals surface area (Å²) < 4.78 is 28.1. The van der Waals surface area contributed by atoms with Gasteiger partial charge in [-0.05, 0) is 50.3 Å². The number of imidazole rings is 1. The highest BCUT2D eigenvalue weighted by Gasteiger charge is 2.30. The molecular weight excluding hydrogens is 414 g/mol. The molecule has 9 heteroatoms. The SMILES string of the molecule is CC(C)S(=O)(=O)N1CCC(c2ccc(C(=O)NCc3cn4ccnc4cn3)cc2)CC1. The molecule has 3 aromatic rings. The molecule has 0 aliphatic carbocycles. The second-order valence-corrected chi connectivity index (χ2v) is 10.6. The van der Waals surface area contributed by atoms with E-state index in [0.29, 0.717) is 31.1 Å². The minimum absolute atomic E-state index is 0.156. The van der Waals surface area contributed by atoms with Crippen molar-refractivity contribution in [1.29, 1.82) is 0 Å². The van der Waals surface area contributed by atoms with Crippen LogP contribution in [-0.2, 0) is 16.6 Å². The van der Waals surface area contributed by atoms with Gasteiger partial charge in [0.25, 0.3) is 5.91 Å². The summed E-state index contributed by atoms with van der Waals surface area (Å²) in [5.74, 6) is 0.152. The van der Waals surface area contributed by atoms with Gasteiger partial charge in [-0.3, -0.25) is 9.78 Å². The summed E-state index contributed by atoms with van der Waals surface area (Å²) in [5.41, 5.74) is 3.24. The van der Waals surface area contributed by atoms with Crippen molar-refractivity contribution in [2.24, 2.45) is 0 Å². The van der Waals surface area contributed by atoms with Crippen molar-refractivity contribution in [3.8, 4) is 0 Å². The number of fused-ring (bicyclic) bond motifs is 1. The predicted molar refractivity (Wildman–Crippen MR) is 118 cm³/mol. The first kappa shape index (κ1) is 21.5. The van der Waals surface area contributed by atoms with E-state index in [-0.39, 0.29) is 11.2 Å². The lowest BCUT2D eigenvalue weighted by Crippen LogP contribution is -2.41. The minimum atomic E-state index is -3.19. The van der Waals surface area contributed by atoms with Gasteiger partial charge in [-0.1, -0.05) is 12.1 Å². The molecule has 3 heterocycles. The molecule has 0 spiro atoms. The van der Waals surface area contributed by atoms with Crippen molar-refractivity contribution in [2.45, 2.75) is 44.4 Å². The molecule has 164 valence electrons. The molecule has 1 aliphatic heterocycles. The molecule has 1 fully saturated rings. The summed E-state index contributed by atoms with van der Waals surface area (Å²) in [4.78, 5) is 21.0. The number of hydrogen-bond donors (Lipinski definition) is 1. The number of piperidine rings is 1. The zero-order valence-electron chi connectivity index (χ0n) is 17.7. The Balaban J connectivity index is 1.33. The zero-order chi connectivity index (χ0) is 22.0. The van der Waals surface area contributed by atoms with E-state index in [4.69, 9.17) is 0 Å². The fourth-order valence-electron chi connectivity index (χ4n) is 3.88. The number of sulfonamides is 1. The molecule has 0 radical (unpaired) electrons. The van der Waals surface area contributed by atoms with Crippen molar-refractivity contribution >= 4 is 21.6 Å². The lowest BCUT2D eigenvalue weighted by Gasteiger charge is -2.32. The number of benzene rings is 1. The van der Waals surface area contributed by atoms with Gasteiger partial charge in [0.2, 0.25) is 10.0 Å². The van der Waals surface area contributed by atoms with E-state index >= 15 is 0 Å². The summed E-state index contributed by atoms with van der Waals surface area (Å²) in [6.07, 6.45) is 8.64. The van der Waals surface area contributed by atoms with E-state index in [1.54, 1.807) is 30.5 Å². The molecule has 0 bridgehead atoms. The fraction of sp³-hybridized carbons (Fsp3) is 0.409. The molecule has 1 amide bonds. The molecule has 31 heavy (non-hydrogen) atoms. The average molecular weight is 442 g/mol. The largest absolute Gasteiger partial charge is 0.346 e. The topological polar surface area (TPSA) is 96.7 Å². The van der Waals surface area contributed by atoms with Gasteiger partial charge < -0.3 is 9.72 Å². The van der Waals surface area contributed by atoms with Crippen LogP contribution in [0.2, 0.25) is 0 Å². The quantitative estimate of drug-likeness (QED) is 0.634. The molecule has 8 nitrogen and oxygen atoms in total. The average Bonchev–Trinajstić information content (AvgIpc) is 3.25. The van der Waals surface area contributed by atoms with Gasteiger partial charge in [0.15, 0.2) is 5.65 Å². The zero-order valence-corrected chi connectivity index (χ0v) is 18.5. The van der Waals surface area contributed by atoms with Crippen LogP contribution in [0.5, 0.6) is 0 Å². The summed E-state index contributed by atoms with van der Waals surface area (Å²) >= 11 is 0. The first-order chi connectivity index (χ1) is 14.8. The minimum Gasteiger partial charge on any atom is -0.346 e. The Labute approximate surface area is 182 Å². The smallest absolute Gasteiger partial charge is 0.251 e. The third kappa shape index (κ3) is 4.62. The fourth-order valence-corrected chi connectivity index (χ4v) is 5.20. The summed E-state index contributed by atoms with van der Waals surface area (Å²) in [6, 6.07) is 7.60. The van der Waals surface area contributed by atoms with E-state index in [9.17, 15) is 13.2 Å². The van der Waals surface area contributed by atoms with Crippen molar-refractivity contribution in [2.75, 3.05) is 13.1 Å². The number of aromatic nitrogens is 3. The van der Waals surface area contributed by atoms with Gasteiger partial charge in [0, 0.05) is 37.2 Å². The normalized spacial score (nSPS) is 16.1. The number of carbonyl (C=O) groups is 1. The lowest BCUT2D eigenvalue weighted by molar-refractivity contribution is 0.0950. The number of nitrogens with one attached hydrogen (secondary N) is 1. The van der Waals surface area contributed by atoms with E-state index in [2.05, 4.69) is 15.3 Å². The van der Waals surface area contributed by atoms with Crippen LogP contribution in [-0.4, -0.2) is 51.3 Å². The molecule has 1 saturated heterocycles. The van der Waals surface area contributed by atoms with Crippen LogP contribution in [0.3, 0.4) is 0 Å². The number of carbonyl (C=O) groups excluding carboxylic acids is 1. The molecule has 0 saturated carbocycles. The molecule has 1 aromatic carbocycles. The number of hydrogen-bond acceptors (Lipinski definition) is 5. The second-order valence-electron chi connectivity index (χ2n) is 8.14. The highest BCUT2D eigenvalue weighted by molar-refractivity contribution is 7.89. The van der Waals surface area contributed by atoms with Crippen LogP contribution < -0.4 is 5.32 Å².